The zero-order valence-electron chi connectivity index (χ0n) is 13.7. The minimum atomic E-state index is 0.0714. The van der Waals surface area contributed by atoms with Gasteiger partial charge >= 0.3 is 0 Å². The molecule has 0 radical (unpaired) electrons. The van der Waals surface area contributed by atoms with Gasteiger partial charge in [-0.15, -0.1) is 0 Å². The average Bonchev–Trinajstić information content (AvgIpc) is 2.64. The maximum absolute atomic E-state index is 9.45. The largest absolute Gasteiger partial charge is 0.506 e. The van der Waals surface area contributed by atoms with E-state index in [9.17, 15) is 5.11 Å². The third kappa shape index (κ3) is 4.58. The zero-order chi connectivity index (χ0) is 17.6. The predicted molar refractivity (Wildman–Crippen MR) is 100.0 cm³/mol. The zero-order valence-corrected chi connectivity index (χ0v) is 14.5. The summed E-state index contributed by atoms with van der Waals surface area (Å²) < 4.78 is 11.0. The number of phenols is 1. The van der Waals surface area contributed by atoms with E-state index in [1.54, 1.807) is 25.3 Å². The molecule has 0 atom stereocenters. The molecule has 0 fully saturated rings. The molecular formula is C20H18ClNO3. The molecule has 128 valence electrons. The van der Waals surface area contributed by atoms with Crippen LogP contribution >= 0.6 is 11.6 Å². The summed E-state index contributed by atoms with van der Waals surface area (Å²) in [5, 5.41) is 13.0. The van der Waals surface area contributed by atoms with Crippen LogP contribution in [0.3, 0.4) is 0 Å². The molecule has 0 aliphatic rings. The smallest absolute Gasteiger partial charge is 0.134 e. The minimum Gasteiger partial charge on any atom is -0.506 e. The maximum Gasteiger partial charge on any atom is 0.134 e. The number of methoxy groups -OCH3 is 1. The summed E-state index contributed by atoms with van der Waals surface area (Å²) in [6.45, 7) is 0.612. The third-order valence-corrected chi connectivity index (χ3v) is 3.94. The van der Waals surface area contributed by atoms with E-state index in [-0.39, 0.29) is 5.75 Å². The average molecular weight is 356 g/mol. The molecule has 0 spiro atoms. The molecule has 3 aromatic rings. The van der Waals surface area contributed by atoms with E-state index in [1.165, 1.54) is 0 Å². The Kier molecular flexibility index (Phi) is 5.31. The van der Waals surface area contributed by atoms with Gasteiger partial charge in [0.15, 0.2) is 0 Å². The van der Waals surface area contributed by atoms with Crippen molar-refractivity contribution in [2.24, 2.45) is 0 Å². The molecule has 3 aromatic carbocycles. The van der Waals surface area contributed by atoms with Gasteiger partial charge in [-0.05, 0) is 60.2 Å². The van der Waals surface area contributed by atoms with E-state index >= 15 is 0 Å². The molecule has 0 unspecified atom stereocenters. The Morgan fingerprint density at radius 1 is 0.920 bits per heavy atom. The number of anilines is 1. The Balaban J connectivity index is 1.65. The van der Waals surface area contributed by atoms with Gasteiger partial charge < -0.3 is 19.9 Å². The van der Waals surface area contributed by atoms with Gasteiger partial charge in [-0.3, -0.25) is 0 Å². The van der Waals surface area contributed by atoms with Crippen LogP contribution in [-0.2, 0) is 6.54 Å². The van der Waals surface area contributed by atoms with Crippen LogP contribution in [-0.4, -0.2) is 12.2 Å². The fourth-order valence-corrected chi connectivity index (χ4v) is 2.50. The third-order valence-electron chi connectivity index (χ3n) is 3.64. The lowest BCUT2D eigenvalue weighted by Crippen LogP contribution is -1.99. The number of hydrogen-bond acceptors (Lipinski definition) is 4. The molecule has 4 nitrogen and oxygen atoms in total. The Labute approximate surface area is 151 Å². The number of hydrogen-bond donors (Lipinski definition) is 2. The van der Waals surface area contributed by atoms with Crippen LogP contribution in [0.5, 0.6) is 23.0 Å². The molecule has 5 heteroatoms. The quantitative estimate of drug-likeness (QED) is 0.576. The van der Waals surface area contributed by atoms with Crippen molar-refractivity contribution in [2.45, 2.75) is 6.54 Å². The lowest BCUT2D eigenvalue weighted by molar-refractivity contribution is 0.413. The van der Waals surface area contributed by atoms with Crippen LogP contribution in [0.1, 0.15) is 5.56 Å². The van der Waals surface area contributed by atoms with Gasteiger partial charge in [0.1, 0.15) is 23.0 Å². The van der Waals surface area contributed by atoms with Crippen LogP contribution in [0, 0.1) is 0 Å². The monoisotopic (exact) mass is 355 g/mol. The second-order valence-corrected chi connectivity index (χ2v) is 5.85. The van der Waals surface area contributed by atoms with E-state index in [0.29, 0.717) is 11.6 Å². The summed E-state index contributed by atoms with van der Waals surface area (Å²) >= 11 is 5.91. The number of phenolic OH excluding ortho intramolecular Hbond substituents is 1. The van der Waals surface area contributed by atoms with E-state index < -0.39 is 0 Å². The number of nitrogens with one attached hydrogen (secondary N) is 1. The van der Waals surface area contributed by atoms with Crippen LogP contribution in [0.2, 0.25) is 5.02 Å². The van der Waals surface area contributed by atoms with Gasteiger partial charge in [0, 0.05) is 12.2 Å². The topological polar surface area (TPSA) is 50.7 Å². The highest BCUT2D eigenvalue weighted by molar-refractivity contribution is 6.32. The van der Waals surface area contributed by atoms with Crippen LogP contribution in [0.15, 0.2) is 66.7 Å². The molecule has 0 amide bonds. The van der Waals surface area contributed by atoms with Crippen molar-refractivity contribution in [2.75, 3.05) is 12.4 Å². The predicted octanol–water partition coefficient (Wildman–Crippen LogP) is 5.46. The Hall–Kier alpha value is -2.85. The minimum absolute atomic E-state index is 0.0714. The van der Waals surface area contributed by atoms with Gasteiger partial charge in [0.25, 0.3) is 0 Å². The molecule has 0 aliphatic heterocycles. The van der Waals surface area contributed by atoms with Crippen molar-refractivity contribution in [3.8, 4) is 23.0 Å². The maximum atomic E-state index is 9.45. The molecule has 0 heterocycles. The summed E-state index contributed by atoms with van der Waals surface area (Å²) in [5.74, 6) is 2.37. The Morgan fingerprint density at radius 2 is 1.68 bits per heavy atom. The van der Waals surface area contributed by atoms with Gasteiger partial charge in [0.05, 0.1) is 12.1 Å². The summed E-state index contributed by atoms with van der Waals surface area (Å²) in [4.78, 5) is 0. The molecule has 0 saturated heterocycles. The SMILES string of the molecule is COc1ccc(Oc2cccc(CNc3ccc(O)c(Cl)c3)c2)cc1. The highest BCUT2D eigenvalue weighted by atomic mass is 35.5. The second kappa shape index (κ2) is 7.81. The normalized spacial score (nSPS) is 10.3. The van der Waals surface area contributed by atoms with Crippen LogP contribution in [0.4, 0.5) is 5.69 Å². The Morgan fingerprint density at radius 3 is 2.40 bits per heavy atom. The summed E-state index contributed by atoms with van der Waals surface area (Å²) in [5.41, 5.74) is 1.90. The summed E-state index contributed by atoms with van der Waals surface area (Å²) in [6.07, 6.45) is 0. The molecule has 0 aliphatic carbocycles. The van der Waals surface area contributed by atoms with E-state index in [0.717, 1.165) is 28.5 Å². The molecule has 3 rings (SSSR count). The van der Waals surface area contributed by atoms with Gasteiger partial charge in [-0.2, -0.15) is 0 Å². The fourth-order valence-electron chi connectivity index (χ4n) is 2.32. The highest BCUT2D eigenvalue weighted by Gasteiger charge is 2.02. The second-order valence-electron chi connectivity index (χ2n) is 5.44. The van der Waals surface area contributed by atoms with Gasteiger partial charge in [-0.25, -0.2) is 0 Å². The molecular weight excluding hydrogens is 338 g/mol. The van der Waals surface area contributed by atoms with Crippen molar-refractivity contribution in [3.63, 3.8) is 0 Å². The van der Waals surface area contributed by atoms with Crippen molar-refractivity contribution >= 4 is 17.3 Å². The summed E-state index contributed by atoms with van der Waals surface area (Å²) in [6, 6.07) is 20.3. The van der Waals surface area contributed by atoms with Gasteiger partial charge in [0.2, 0.25) is 0 Å². The Bertz CT molecular complexity index is 850. The van der Waals surface area contributed by atoms with Crippen LogP contribution < -0.4 is 14.8 Å². The number of benzene rings is 3. The van der Waals surface area contributed by atoms with E-state index in [4.69, 9.17) is 21.1 Å². The fraction of sp³-hybridized carbons (Fsp3) is 0.100. The molecule has 0 aromatic heterocycles. The first-order valence-corrected chi connectivity index (χ1v) is 8.15. The number of ether oxygens (including phenoxy) is 2. The van der Waals surface area contributed by atoms with Crippen molar-refractivity contribution < 1.29 is 14.6 Å². The molecule has 0 bridgehead atoms. The first kappa shape index (κ1) is 17.0. The van der Waals surface area contributed by atoms with Gasteiger partial charge in [-0.1, -0.05) is 23.7 Å². The molecule has 2 N–H and O–H groups in total. The van der Waals surface area contributed by atoms with E-state index in [2.05, 4.69) is 5.32 Å². The van der Waals surface area contributed by atoms with Crippen LogP contribution in [0.25, 0.3) is 0 Å². The molecule has 0 saturated carbocycles. The first-order chi connectivity index (χ1) is 12.1. The van der Waals surface area contributed by atoms with Crippen molar-refractivity contribution in [1.29, 1.82) is 0 Å². The summed E-state index contributed by atoms with van der Waals surface area (Å²) in [7, 11) is 1.63. The van der Waals surface area contributed by atoms with Crippen molar-refractivity contribution in [1.82, 2.24) is 0 Å². The number of halogens is 1. The number of rotatable bonds is 6. The first-order valence-electron chi connectivity index (χ1n) is 7.77. The number of aromatic hydroxyl groups is 1. The standard InChI is InChI=1S/C20H18ClNO3/c1-24-16-6-8-17(9-7-16)25-18-4-2-3-14(11-18)13-22-15-5-10-20(23)19(21)12-15/h2-12,22-23H,13H2,1H3. The van der Waals surface area contributed by atoms with Crippen molar-refractivity contribution in [3.05, 3.63) is 77.3 Å². The lowest BCUT2D eigenvalue weighted by atomic mass is 10.2. The highest BCUT2D eigenvalue weighted by Crippen LogP contribution is 2.27. The molecule has 25 heavy (non-hydrogen) atoms. The van der Waals surface area contributed by atoms with E-state index in [1.807, 2.05) is 48.5 Å². The lowest BCUT2D eigenvalue weighted by Gasteiger charge is -2.10.